The van der Waals surface area contributed by atoms with E-state index in [9.17, 15) is 35.7 Å². The highest BCUT2D eigenvalue weighted by Crippen LogP contribution is 2.41. The molecule has 2 heterocycles. The summed E-state index contributed by atoms with van der Waals surface area (Å²) in [5, 5.41) is 80.0. The molecule has 1 aromatic carbocycles. The van der Waals surface area contributed by atoms with Gasteiger partial charge < -0.3 is 69.3 Å². The number of methoxy groups -OCH3 is 2. The molecule has 2 aliphatic heterocycles. The minimum Gasteiger partial charge on any atom is -0.493 e. The first kappa shape index (κ1) is 29.5. The average molecular weight is 535 g/mol. The van der Waals surface area contributed by atoms with E-state index in [1.165, 1.54) is 20.3 Å². The molecule has 0 unspecified atom stereocenters. The van der Waals surface area contributed by atoms with Crippen molar-refractivity contribution in [2.75, 3.05) is 34.0 Å². The van der Waals surface area contributed by atoms with E-state index in [-0.39, 0.29) is 23.9 Å². The van der Waals surface area contributed by atoms with Crippen molar-refractivity contribution in [2.24, 2.45) is 0 Å². The lowest BCUT2D eigenvalue weighted by Gasteiger charge is -2.45. The summed E-state index contributed by atoms with van der Waals surface area (Å²) in [5.74, 6) is 0.386. The summed E-state index contributed by atoms with van der Waals surface area (Å²) in [4.78, 5) is 0. The molecule has 210 valence electrons. The molecule has 37 heavy (non-hydrogen) atoms. The van der Waals surface area contributed by atoms with E-state index in [4.69, 9.17) is 33.5 Å². The molecule has 10 atom stereocenters. The van der Waals surface area contributed by atoms with Crippen molar-refractivity contribution in [3.63, 3.8) is 0 Å². The molecule has 0 spiro atoms. The Kier molecular flexibility index (Phi) is 10.5. The fourth-order valence-electron chi connectivity index (χ4n) is 4.07. The summed E-state index contributed by atoms with van der Waals surface area (Å²) in [5.41, 5.74) is 0.612. The van der Waals surface area contributed by atoms with Crippen LogP contribution in [0.15, 0.2) is 18.2 Å². The Hall–Kier alpha value is -2.08. The summed E-state index contributed by atoms with van der Waals surface area (Å²) in [6.07, 6.45) is -12.7. The van der Waals surface area contributed by atoms with Gasteiger partial charge in [-0.3, -0.25) is 0 Å². The average Bonchev–Trinajstić information content (AvgIpc) is 2.91. The third-order valence-corrected chi connectivity index (χ3v) is 6.09. The molecule has 14 heteroatoms. The molecular weight excluding hydrogens is 500 g/mol. The van der Waals surface area contributed by atoms with Crippen LogP contribution in [0.4, 0.5) is 0 Å². The topological polar surface area (TPSA) is 217 Å². The predicted molar refractivity (Wildman–Crippen MR) is 123 cm³/mol. The van der Waals surface area contributed by atoms with E-state index in [0.717, 1.165) is 0 Å². The van der Waals surface area contributed by atoms with Crippen LogP contribution in [0.3, 0.4) is 0 Å². The molecule has 14 nitrogen and oxygen atoms in total. The minimum atomic E-state index is -1.78. The van der Waals surface area contributed by atoms with Crippen LogP contribution in [0, 0.1) is 0 Å². The van der Waals surface area contributed by atoms with E-state index >= 15 is 0 Å². The van der Waals surface area contributed by atoms with Crippen molar-refractivity contribution in [3.05, 3.63) is 23.8 Å². The molecule has 0 bridgehead atoms. The number of hydrogen-bond acceptors (Lipinski definition) is 14. The summed E-state index contributed by atoms with van der Waals surface area (Å²) in [6.45, 7) is -1.60. The van der Waals surface area contributed by atoms with Crippen LogP contribution in [0.25, 0.3) is 6.08 Å². The quantitative estimate of drug-likeness (QED) is 0.148. The van der Waals surface area contributed by atoms with Gasteiger partial charge in [0.25, 0.3) is 0 Å². The maximum atomic E-state index is 10.8. The summed E-state index contributed by atoms with van der Waals surface area (Å²) in [7, 11) is 2.74. The molecule has 2 fully saturated rings. The molecule has 8 N–H and O–H groups in total. The van der Waals surface area contributed by atoms with Crippen molar-refractivity contribution in [1.82, 2.24) is 0 Å². The fourth-order valence-corrected chi connectivity index (χ4v) is 4.07. The summed E-state index contributed by atoms with van der Waals surface area (Å²) >= 11 is 0. The van der Waals surface area contributed by atoms with Gasteiger partial charge in [0.15, 0.2) is 17.8 Å². The van der Waals surface area contributed by atoms with E-state index in [0.29, 0.717) is 5.56 Å². The minimum absolute atomic E-state index is 0.0207. The molecule has 0 aliphatic carbocycles. The van der Waals surface area contributed by atoms with Crippen molar-refractivity contribution in [2.45, 2.75) is 61.4 Å². The Labute approximate surface area is 212 Å². The molecule has 0 aromatic heterocycles. The van der Waals surface area contributed by atoms with Crippen LogP contribution >= 0.6 is 0 Å². The van der Waals surface area contributed by atoms with Gasteiger partial charge in [-0.25, -0.2) is 0 Å². The van der Waals surface area contributed by atoms with Crippen molar-refractivity contribution in [1.29, 1.82) is 0 Å². The number of benzene rings is 1. The van der Waals surface area contributed by atoms with Crippen molar-refractivity contribution >= 4 is 6.08 Å². The SMILES string of the molecule is COc1cc(C=CCO)cc(OC)c1O[C@H]1O[C@H](CO)[C@@H](O[C@H]2O[C@H](CO)[C@@H](O)[C@H](O)[C@H]2O)[C@H](O)[C@H]1O. The van der Waals surface area contributed by atoms with Crippen molar-refractivity contribution < 1.29 is 69.3 Å². The molecule has 0 amide bonds. The second-order valence-corrected chi connectivity index (χ2v) is 8.46. The Balaban J connectivity index is 1.81. The summed E-state index contributed by atoms with van der Waals surface area (Å²) in [6, 6.07) is 3.15. The number of hydrogen-bond donors (Lipinski definition) is 8. The van der Waals surface area contributed by atoms with Crippen molar-refractivity contribution in [3.8, 4) is 17.2 Å². The van der Waals surface area contributed by atoms with Crippen LogP contribution in [0.1, 0.15) is 5.56 Å². The van der Waals surface area contributed by atoms with Gasteiger partial charge in [-0.05, 0) is 17.7 Å². The zero-order valence-corrected chi connectivity index (χ0v) is 20.2. The lowest BCUT2D eigenvalue weighted by molar-refractivity contribution is -0.352. The Morgan fingerprint density at radius 3 is 1.86 bits per heavy atom. The highest BCUT2D eigenvalue weighted by atomic mass is 16.7. The third-order valence-electron chi connectivity index (χ3n) is 6.09. The lowest BCUT2D eigenvalue weighted by Crippen LogP contribution is -2.65. The highest BCUT2D eigenvalue weighted by Gasteiger charge is 2.51. The van der Waals surface area contributed by atoms with Gasteiger partial charge in [0, 0.05) is 0 Å². The van der Waals surface area contributed by atoms with E-state index in [1.54, 1.807) is 18.2 Å². The van der Waals surface area contributed by atoms with E-state index in [1.807, 2.05) is 0 Å². The smallest absolute Gasteiger partial charge is 0.229 e. The maximum Gasteiger partial charge on any atom is 0.229 e. The van der Waals surface area contributed by atoms with Crippen LogP contribution < -0.4 is 14.2 Å². The first-order valence-corrected chi connectivity index (χ1v) is 11.5. The van der Waals surface area contributed by atoms with Gasteiger partial charge in [-0.2, -0.15) is 0 Å². The maximum absolute atomic E-state index is 10.8. The lowest BCUT2D eigenvalue weighted by atomic mass is 9.97. The van der Waals surface area contributed by atoms with Gasteiger partial charge in [0.1, 0.15) is 48.8 Å². The van der Waals surface area contributed by atoms with Crippen LogP contribution in [-0.2, 0) is 14.2 Å². The zero-order chi connectivity index (χ0) is 27.3. The van der Waals surface area contributed by atoms with Crippen LogP contribution in [-0.4, -0.2) is 136 Å². The number of rotatable bonds is 10. The molecule has 0 saturated carbocycles. The number of ether oxygens (including phenoxy) is 6. The normalized spacial score (nSPS) is 36.5. The first-order chi connectivity index (χ1) is 17.7. The van der Waals surface area contributed by atoms with E-state index < -0.39 is 74.6 Å². The standard InChI is InChI=1S/C23H34O14/c1-32-11-6-10(4-3-5-24)7-12(33-2)20(11)36-23-19(31)17(29)21(14(9-26)35-23)37-22-18(30)16(28)15(27)13(8-25)34-22/h3-4,6-7,13-19,21-31H,5,8-9H2,1-2H3/t13-,14-,15-,16+,17-,18-,19-,21-,22-,23-/m1/s1. The Bertz CT molecular complexity index is 867. The molecule has 0 radical (unpaired) electrons. The monoisotopic (exact) mass is 534 g/mol. The van der Waals surface area contributed by atoms with Gasteiger partial charge in [0.05, 0.1) is 34.0 Å². The number of aliphatic hydroxyl groups is 8. The largest absolute Gasteiger partial charge is 0.493 e. The predicted octanol–water partition coefficient (Wildman–Crippen LogP) is -3.29. The van der Waals surface area contributed by atoms with Crippen LogP contribution in [0.5, 0.6) is 17.2 Å². The molecule has 2 aliphatic rings. The second-order valence-electron chi connectivity index (χ2n) is 8.46. The van der Waals surface area contributed by atoms with Gasteiger partial charge >= 0.3 is 0 Å². The van der Waals surface area contributed by atoms with Crippen LogP contribution in [0.2, 0.25) is 0 Å². The highest BCUT2D eigenvalue weighted by molar-refractivity contribution is 5.62. The first-order valence-electron chi connectivity index (χ1n) is 11.5. The third kappa shape index (κ3) is 6.32. The van der Waals surface area contributed by atoms with E-state index in [2.05, 4.69) is 0 Å². The molecule has 3 rings (SSSR count). The number of aliphatic hydroxyl groups excluding tert-OH is 8. The molecule has 2 saturated heterocycles. The summed E-state index contributed by atoms with van der Waals surface area (Å²) < 4.78 is 33.0. The Morgan fingerprint density at radius 2 is 1.32 bits per heavy atom. The zero-order valence-electron chi connectivity index (χ0n) is 20.2. The Morgan fingerprint density at radius 1 is 0.757 bits per heavy atom. The van der Waals surface area contributed by atoms with Gasteiger partial charge in [-0.15, -0.1) is 0 Å². The molecular formula is C23H34O14. The van der Waals surface area contributed by atoms with Gasteiger partial charge in [-0.1, -0.05) is 12.2 Å². The fraction of sp³-hybridized carbons (Fsp3) is 0.652. The van der Waals surface area contributed by atoms with Gasteiger partial charge in [0.2, 0.25) is 12.0 Å². The molecule has 1 aromatic rings. The second kappa shape index (κ2) is 13.1.